The van der Waals surface area contributed by atoms with Gasteiger partial charge in [0.15, 0.2) is 17.6 Å². The summed E-state index contributed by atoms with van der Waals surface area (Å²) >= 11 is 1.84. The second-order valence-corrected chi connectivity index (χ2v) is 7.92. The van der Waals surface area contributed by atoms with Gasteiger partial charge in [0, 0.05) is 42.2 Å². The number of aromatic amines is 1. The number of aromatic nitrogens is 2. The summed E-state index contributed by atoms with van der Waals surface area (Å²) in [6.07, 6.45) is 0.838. The Bertz CT molecular complexity index is 933. The first kappa shape index (κ1) is 15.9. The van der Waals surface area contributed by atoms with E-state index in [1.807, 2.05) is 35.6 Å². The number of fused-ring (bicyclic) bond motifs is 2. The molecule has 5 rings (SSSR count). The molecule has 1 unspecified atom stereocenters. The van der Waals surface area contributed by atoms with Crippen LogP contribution in [0.5, 0.6) is 11.5 Å². The van der Waals surface area contributed by atoms with Crippen molar-refractivity contribution in [2.24, 2.45) is 0 Å². The molecule has 0 aliphatic carbocycles. The van der Waals surface area contributed by atoms with E-state index in [2.05, 4.69) is 33.5 Å². The quantitative estimate of drug-likeness (QED) is 0.764. The van der Waals surface area contributed by atoms with Crippen LogP contribution in [0.4, 0.5) is 0 Å². The molecule has 26 heavy (non-hydrogen) atoms. The standard InChI is InChI=1S/C20H21N3O2S/c1-13-7-9-26-19(13)11-23-8-6-15-14(10-23)20(22-21-15)18-12-24-16-4-2-3-5-17(16)25-18/h2-5,7,9,18H,6,8,10-12H2,1H3,(H,21,22). The Balaban J connectivity index is 1.37. The number of thiophene rings is 1. The molecule has 3 aromatic rings. The molecule has 0 bridgehead atoms. The fraction of sp³-hybridized carbons (Fsp3) is 0.350. The second-order valence-electron chi connectivity index (χ2n) is 6.92. The Morgan fingerprint density at radius 2 is 2.15 bits per heavy atom. The molecule has 134 valence electrons. The molecule has 0 amide bonds. The van der Waals surface area contributed by atoms with Gasteiger partial charge in [-0.25, -0.2) is 0 Å². The molecule has 2 aliphatic heterocycles. The van der Waals surface area contributed by atoms with E-state index in [1.54, 1.807) is 0 Å². The Morgan fingerprint density at radius 1 is 1.27 bits per heavy atom. The summed E-state index contributed by atoms with van der Waals surface area (Å²) in [7, 11) is 0. The molecule has 0 radical (unpaired) electrons. The van der Waals surface area contributed by atoms with Gasteiger partial charge in [-0.1, -0.05) is 12.1 Å². The minimum absolute atomic E-state index is 0.159. The molecule has 1 N–H and O–H groups in total. The highest BCUT2D eigenvalue weighted by Crippen LogP contribution is 2.37. The molecular weight excluding hydrogens is 346 g/mol. The maximum absolute atomic E-state index is 6.18. The number of aryl methyl sites for hydroxylation is 1. The Morgan fingerprint density at radius 3 is 3.00 bits per heavy atom. The van der Waals surface area contributed by atoms with Crippen LogP contribution in [0, 0.1) is 6.92 Å². The summed E-state index contributed by atoms with van der Waals surface area (Å²) in [6, 6.07) is 10.0. The highest BCUT2D eigenvalue weighted by atomic mass is 32.1. The van der Waals surface area contributed by atoms with Crippen LogP contribution in [0.2, 0.25) is 0 Å². The van der Waals surface area contributed by atoms with E-state index in [9.17, 15) is 0 Å². The van der Waals surface area contributed by atoms with E-state index >= 15 is 0 Å². The Kier molecular flexibility index (Phi) is 3.94. The van der Waals surface area contributed by atoms with E-state index in [1.165, 1.54) is 21.7 Å². The predicted molar refractivity (Wildman–Crippen MR) is 101 cm³/mol. The molecule has 2 aromatic heterocycles. The summed E-state index contributed by atoms with van der Waals surface area (Å²) in [5.74, 6) is 1.60. The third-order valence-corrected chi connectivity index (χ3v) is 6.20. The lowest BCUT2D eigenvalue weighted by molar-refractivity contribution is 0.0867. The number of rotatable bonds is 3. The molecule has 0 saturated carbocycles. The van der Waals surface area contributed by atoms with Gasteiger partial charge in [-0.2, -0.15) is 5.10 Å². The van der Waals surface area contributed by atoms with Crippen LogP contribution in [0.1, 0.15) is 33.5 Å². The first-order valence-electron chi connectivity index (χ1n) is 8.98. The lowest BCUT2D eigenvalue weighted by Crippen LogP contribution is -2.31. The summed E-state index contributed by atoms with van der Waals surface area (Å²) in [5, 5.41) is 9.99. The Labute approximate surface area is 156 Å². The van der Waals surface area contributed by atoms with Gasteiger partial charge in [-0.3, -0.25) is 10.00 Å². The summed E-state index contributed by atoms with van der Waals surface area (Å²) < 4.78 is 12.1. The molecule has 4 heterocycles. The van der Waals surface area contributed by atoms with Gasteiger partial charge in [0.05, 0.1) is 0 Å². The average molecular weight is 367 g/mol. The Hall–Kier alpha value is -2.31. The van der Waals surface area contributed by atoms with Gasteiger partial charge in [-0.15, -0.1) is 11.3 Å². The first-order chi connectivity index (χ1) is 12.8. The van der Waals surface area contributed by atoms with Crippen LogP contribution in [0.3, 0.4) is 0 Å². The molecule has 0 fully saturated rings. The van der Waals surface area contributed by atoms with Crippen molar-refractivity contribution in [3.8, 4) is 11.5 Å². The van der Waals surface area contributed by atoms with Crippen molar-refractivity contribution < 1.29 is 9.47 Å². The fourth-order valence-corrected chi connectivity index (χ4v) is 4.65. The second kappa shape index (κ2) is 6.45. The largest absolute Gasteiger partial charge is 0.485 e. The van der Waals surface area contributed by atoms with E-state index in [0.29, 0.717) is 6.61 Å². The topological polar surface area (TPSA) is 50.4 Å². The maximum Gasteiger partial charge on any atom is 0.177 e. The molecule has 5 nitrogen and oxygen atoms in total. The van der Waals surface area contributed by atoms with Crippen molar-refractivity contribution in [2.45, 2.75) is 32.5 Å². The smallest absolute Gasteiger partial charge is 0.177 e. The van der Waals surface area contributed by atoms with E-state index in [0.717, 1.165) is 43.2 Å². The number of nitrogens with one attached hydrogen (secondary N) is 1. The number of hydrogen-bond donors (Lipinski definition) is 1. The van der Waals surface area contributed by atoms with Gasteiger partial charge in [0.1, 0.15) is 12.3 Å². The maximum atomic E-state index is 6.18. The highest BCUT2D eigenvalue weighted by molar-refractivity contribution is 7.10. The van der Waals surface area contributed by atoms with Gasteiger partial charge >= 0.3 is 0 Å². The predicted octanol–water partition coefficient (Wildman–Crippen LogP) is 3.85. The molecule has 2 aliphatic rings. The fourth-order valence-electron chi connectivity index (χ4n) is 3.70. The molecule has 1 atom stereocenters. The molecular formula is C20H21N3O2S. The minimum atomic E-state index is -0.159. The summed E-state index contributed by atoms with van der Waals surface area (Å²) in [6.45, 7) is 5.64. The zero-order chi connectivity index (χ0) is 17.5. The van der Waals surface area contributed by atoms with Crippen LogP contribution in [0.25, 0.3) is 0 Å². The molecule has 6 heteroatoms. The van der Waals surface area contributed by atoms with Crippen LogP contribution in [-0.2, 0) is 19.5 Å². The monoisotopic (exact) mass is 367 g/mol. The van der Waals surface area contributed by atoms with Crippen LogP contribution < -0.4 is 9.47 Å². The van der Waals surface area contributed by atoms with E-state index in [4.69, 9.17) is 9.47 Å². The number of benzene rings is 1. The van der Waals surface area contributed by atoms with Gasteiger partial charge < -0.3 is 9.47 Å². The zero-order valence-electron chi connectivity index (χ0n) is 14.7. The van der Waals surface area contributed by atoms with Gasteiger partial charge in [0.2, 0.25) is 0 Å². The first-order valence-corrected chi connectivity index (χ1v) is 9.85. The van der Waals surface area contributed by atoms with Crippen LogP contribution in [0.15, 0.2) is 35.7 Å². The average Bonchev–Trinajstić information content (AvgIpc) is 3.27. The highest BCUT2D eigenvalue weighted by Gasteiger charge is 2.31. The van der Waals surface area contributed by atoms with Crippen molar-refractivity contribution in [3.05, 3.63) is 63.1 Å². The number of para-hydroxylation sites is 2. The van der Waals surface area contributed by atoms with E-state index in [-0.39, 0.29) is 6.10 Å². The summed E-state index contributed by atoms with van der Waals surface area (Å²) in [5.41, 5.74) is 4.89. The van der Waals surface area contributed by atoms with Crippen molar-refractivity contribution in [3.63, 3.8) is 0 Å². The van der Waals surface area contributed by atoms with Crippen molar-refractivity contribution in [1.82, 2.24) is 15.1 Å². The molecule has 0 saturated heterocycles. The normalized spacial score (nSPS) is 19.3. The SMILES string of the molecule is Cc1ccsc1CN1CCc2[nH]nc(C3COc4ccccc4O3)c2C1. The number of H-pyrrole nitrogens is 1. The minimum Gasteiger partial charge on any atom is -0.485 e. The number of ether oxygens (including phenoxy) is 2. The van der Waals surface area contributed by atoms with Crippen molar-refractivity contribution in [2.75, 3.05) is 13.2 Å². The van der Waals surface area contributed by atoms with Gasteiger partial charge in [-0.05, 0) is 36.1 Å². The lowest BCUT2D eigenvalue weighted by Gasteiger charge is -2.29. The van der Waals surface area contributed by atoms with Crippen LogP contribution >= 0.6 is 11.3 Å². The number of hydrogen-bond acceptors (Lipinski definition) is 5. The number of nitrogens with zero attached hydrogens (tertiary/aromatic N) is 2. The van der Waals surface area contributed by atoms with Crippen molar-refractivity contribution in [1.29, 1.82) is 0 Å². The van der Waals surface area contributed by atoms with E-state index < -0.39 is 0 Å². The van der Waals surface area contributed by atoms with Crippen molar-refractivity contribution >= 4 is 11.3 Å². The lowest BCUT2D eigenvalue weighted by atomic mass is 10.0. The molecule has 1 aromatic carbocycles. The molecule has 0 spiro atoms. The third kappa shape index (κ3) is 2.79. The van der Waals surface area contributed by atoms with Crippen LogP contribution in [-0.4, -0.2) is 28.2 Å². The summed E-state index contributed by atoms with van der Waals surface area (Å²) in [4.78, 5) is 3.95. The zero-order valence-corrected chi connectivity index (χ0v) is 15.5. The third-order valence-electron chi connectivity index (χ3n) is 5.19. The van der Waals surface area contributed by atoms with Gasteiger partial charge in [0.25, 0.3) is 0 Å².